The minimum Gasteiger partial charge on any atom is -0.421 e. The lowest BCUT2D eigenvalue weighted by molar-refractivity contribution is 0.127. The Hall–Kier alpha value is 0.148. The van der Waals surface area contributed by atoms with Gasteiger partial charge in [0.05, 0.1) is 6.61 Å². The summed E-state index contributed by atoms with van der Waals surface area (Å²) in [4.78, 5) is 0. The Labute approximate surface area is 241 Å². The van der Waals surface area contributed by atoms with Gasteiger partial charge in [0, 0.05) is 11.1 Å². The van der Waals surface area contributed by atoms with Crippen LogP contribution in [0.2, 0.25) is 78.6 Å². The van der Waals surface area contributed by atoms with Crippen molar-refractivity contribution in [3.63, 3.8) is 0 Å². The number of benzene rings is 1. The largest absolute Gasteiger partial charge is 0.421 e. The molecule has 1 aromatic carbocycles. The number of hydrogen-bond acceptors (Lipinski definition) is 8. The van der Waals surface area contributed by atoms with Gasteiger partial charge in [-0.2, -0.15) is 0 Å². The van der Waals surface area contributed by atoms with E-state index < -0.39 is 59.1 Å². The van der Waals surface area contributed by atoms with Crippen LogP contribution < -0.4 is 4.52 Å². The molecule has 39 heavy (non-hydrogen) atoms. The van der Waals surface area contributed by atoms with Crippen LogP contribution in [0.4, 0.5) is 0 Å². The van der Waals surface area contributed by atoms with Crippen LogP contribution in [0.1, 0.15) is 37.5 Å². The highest BCUT2D eigenvalue weighted by molar-refractivity contribution is 7.58. The summed E-state index contributed by atoms with van der Waals surface area (Å²) in [5.41, 5.74) is 1.96. The molecule has 0 bridgehead atoms. The lowest BCUT2D eigenvalue weighted by atomic mass is 9.98. The number of rotatable bonds is 12. The first-order chi connectivity index (χ1) is 17.1. The van der Waals surface area contributed by atoms with Gasteiger partial charge in [-0.05, 0) is 118 Å². The SMILES string of the molecule is CCOP1(=O)Oc2c(cc(C)cc2C(C)(O[Si](C)(C)C)P(=O)(O[Si](C)(C)C)O[Si](C)(C)C)C1(C)O[Si](C)(C)C. The van der Waals surface area contributed by atoms with Crippen molar-refractivity contribution in [1.29, 1.82) is 0 Å². The van der Waals surface area contributed by atoms with Crippen molar-refractivity contribution in [2.45, 2.75) is 117 Å². The molecule has 0 N–H and O–H groups in total. The minimum absolute atomic E-state index is 0.183. The molecule has 0 spiro atoms. The van der Waals surface area contributed by atoms with Crippen LogP contribution in [0.3, 0.4) is 0 Å². The fraction of sp³-hybridized carbons (Fsp3) is 0.760. The van der Waals surface area contributed by atoms with Gasteiger partial charge in [-0.1, -0.05) is 5.56 Å². The Bertz CT molecular complexity index is 1150. The normalized spacial score (nSPS) is 24.3. The van der Waals surface area contributed by atoms with E-state index in [-0.39, 0.29) is 6.61 Å². The van der Waals surface area contributed by atoms with E-state index in [1.54, 1.807) is 20.8 Å². The van der Waals surface area contributed by atoms with Crippen LogP contribution >= 0.6 is 15.2 Å². The second-order valence-corrected chi connectivity index (χ2v) is 37.4. The van der Waals surface area contributed by atoms with E-state index in [4.69, 9.17) is 26.3 Å². The number of fused-ring (bicyclic) bond motifs is 1. The Morgan fingerprint density at radius 1 is 0.897 bits per heavy atom. The van der Waals surface area contributed by atoms with Gasteiger partial charge in [-0.25, -0.2) is 4.57 Å². The third kappa shape index (κ3) is 7.96. The molecule has 14 heteroatoms. The first-order valence-electron chi connectivity index (χ1n) is 13.6. The van der Waals surface area contributed by atoms with Crippen molar-refractivity contribution in [2.75, 3.05) is 6.61 Å². The molecule has 1 aromatic rings. The van der Waals surface area contributed by atoms with Gasteiger partial charge in [-0.3, -0.25) is 9.09 Å². The monoisotopic (exact) mass is 654 g/mol. The summed E-state index contributed by atoms with van der Waals surface area (Å²) in [5.74, 6) is 0.317. The second-order valence-electron chi connectivity index (χ2n) is 14.5. The molecule has 3 unspecified atom stereocenters. The first-order valence-corrected chi connectivity index (χ1v) is 30.3. The standard InChI is InChI=1S/C25H52O8P2Si4/c1-17-28-34(26)24(3,30-36(5,6)7)21-18-20(2)19-22(23(21)29-34)25(4,31-37(8,9)10)35(27,32-38(11,12)13)33-39(14,15)16/h18-19H,17H2,1-16H3. The molecule has 0 saturated heterocycles. The van der Waals surface area contributed by atoms with Crippen LogP contribution in [0.5, 0.6) is 5.75 Å². The maximum Gasteiger partial charge on any atom is 0.414 e. The fourth-order valence-corrected chi connectivity index (χ4v) is 19.7. The average Bonchev–Trinajstić information content (AvgIpc) is 2.82. The molecule has 0 aliphatic carbocycles. The molecular weight excluding hydrogens is 603 g/mol. The highest BCUT2D eigenvalue weighted by Gasteiger charge is 2.63. The second kappa shape index (κ2) is 11.0. The average molecular weight is 655 g/mol. The van der Waals surface area contributed by atoms with E-state index in [0.717, 1.165) is 5.56 Å². The molecule has 0 saturated carbocycles. The molecule has 1 aliphatic heterocycles. The number of aryl methyl sites for hydroxylation is 1. The lowest BCUT2D eigenvalue weighted by Crippen LogP contribution is -2.44. The summed E-state index contributed by atoms with van der Waals surface area (Å²) in [6.07, 6.45) is 0. The summed E-state index contributed by atoms with van der Waals surface area (Å²) in [6.45, 7) is 31.6. The van der Waals surface area contributed by atoms with E-state index in [1.165, 1.54) is 0 Å². The molecule has 0 radical (unpaired) electrons. The summed E-state index contributed by atoms with van der Waals surface area (Å²) < 4.78 is 68.5. The van der Waals surface area contributed by atoms with Gasteiger partial charge in [0.15, 0.2) is 44.0 Å². The Kier molecular flexibility index (Phi) is 9.98. The molecule has 0 amide bonds. The highest BCUT2D eigenvalue weighted by atomic mass is 31.2. The van der Waals surface area contributed by atoms with Gasteiger partial charge in [0.2, 0.25) is 0 Å². The van der Waals surface area contributed by atoms with Gasteiger partial charge in [-0.15, -0.1) is 0 Å². The summed E-state index contributed by atoms with van der Waals surface area (Å²) in [6, 6.07) is 3.82. The van der Waals surface area contributed by atoms with Gasteiger partial charge < -0.3 is 21.8 Å². The molecule has 8 nitrogen and oxygen atoms in total. The summed E-state index contributed by atoms with van der Waals surface area (Å²) in [7, 11) is -17.3. The van der Waals surface area contributed by atoms with Gasteiger partial charge in [0.25, 0.3) is 0 Å². The third-order valence-electron chi connectivity index (χ3n) is 5.59. The molecule has 3 atom stereocenters. The van der Waals surface area contributed by atoms with Crippen molar-refractivity contribution in [2.24, 2.45) is 0 Å². The van der Waals surface area contributed by atoms with Crippen molar-refractivity contribution < 1.29 is 35.5 Å². The van der Waals surface area contributed by atoms with Gasteiger partial charge >= 0.3 is 15.2 Å². The molecular formula is C25H52O8P2Si4. The molecule has 226 valence electrons. The van der Waals surface area contributed by atoms with Crippen molar-refractivity contribution >= 4 is 48.5 Å². The van der Waals surface area contributed by atoms with Crippen molar-refractivity contribution in [1.82, 2.24) is 0 Å². The zero-order valence-electron chi connectivity index (χ0n) is 27.0. The predicted octanol–water partition coefficient (Wildman–Crippen LogP) is 9.56. The highest BCUT2D eigenvalue weighted by Crippen LogP contribution is 2.76. The summed E-state index contributed by atoms with van der Waals surface area (Å²) in [5, 5.41) is -2.87. The predicted molar refractivity (Wildman–Crippen MR) is 171 cm³/mol. The van der Waals surface area contributed by atoms with Crippen LogP contribution in [-0.4, -0.2) is 39.9 Å². The zero-order valence-corrected chi connectivity index (χ0v) is 32.8. The van der Waals surface area contributed by atoms with Gasteiger partial charge in [0.1, 0.15) is 5.75 Å². The Morgan fingerprint density at radius 2 is 1.38 bits per heavy atom. The summed E-state index contributed by atoms with van der Waals surface area (Å²) >= 11 is 0. The first kappa shape index (κ1) is 35.3. The van der Waals surface area contributed by atoms with Crippen molar-refractivity contribution in [3.05, 3.63) is 28.8 Å². The van der Waals surface area contributed by atoms with Crippen molar-refractivity contribution in [3.8, 4) is 5.75 Å². The van der Waals surface area contributed by atoms with E-state index in [2.05, 4.69) is 0 Å². The smallest absolute Gasteiger partial charge is 0.414 e. The maximum absolute atomic E-state index is 15.3. The molecule has 2 rings (SSSR count). The molecule has 1 heterocycles. The van der Waals surface area contributed by atoms with Crippen LogP contribution in [0.25, 0.3) is 0 Å². The fourth-order valence-electron chi connectivity index (χ4n) is 4.71. The zero-order chi connectivity index (χ0) is 30.7. The minimum atomic E-state index is -4.00. The topological polar surface area (TPSA) is 89.5 Å². The third-order valence-corrected chi connectivity index (χ3v) is 18.1. The van der Waals surface area contributed by atoms with E-state index >= 15 is 4.57 Å². The quantitative estimate of drug-likeness (QED) is 0.163. The molecule has 0 aromatic heterocycles. The number of hydrogen-bond donors (Lipinski definition) is 0. The Morgan fingerprint density at radius 3 is 1.77 bits per heavy atom. The lowest BCUT2D eigenvalue weighted by Gasteiger charge is -2.45. The van der Waals surface area contributed by atoms with E-state index in [0.29, 0.717) is 16.9 Å². The van der Waals surface area contributed by atoms with E-state index in [9.17, 15) is 4.57 Å². The Balaban J connectivity index is 3.06. The van der Waals surface area contributed by atoms with Crippen LogP contribution in [-0.2, 0) is 41.6 Å². The molecule has 1 aliphatic rings. The van der Waals surface area contributed by atoms with Crippen LogP contribution in [0, 0.1) is 6.92 Å². The van der Waals surface area contributed by atoms with Crippen LogP contribution in [0.15, 0.2) is 12.1 Å². The molecule has 0 fully saturated rings. The van der Waals surface area contributed by atoms with E-state index in [1.807, 2.05) is 97.6 Å². The maximum atomic E-state index is 15.3.